The van der Waals surface area contributed by atoms with E-state index in [0.29, 0.717) is 27.9 Å². The van der Waals surface area contributed by atoms with Crippen molar-refractivity contribution in [2.75, 3.05) is 0 Å². The third kappa shape index (κ3) is 3.16. The highest BCUT2D eigenvalue weighted by atomic mass is 32.1. The molecule has 8 heteroatoms. The molecule has 3 aromatic heterocycles. The Balaban J connectivity index is 1.79. The summed E-state index contributed by atoms with van der Waals surface area (Å²) in [4.78, 5) is 12.7. The van der Waals surface area contributed by atoms with Gasteiger partial charge in [0.05, 0.1) is 12.7 Å². The summed E-state index contributed by atoms with van der Waals surface area (Å²) in [6.07, 6.45) is 2.77. The zero-order valence-electron chi connectivity index (χ0n) is 12.8. The molecular formula is C17H11F2N5S. The number of pyridine rings is 1. The molecule has 5 nitrogen and oxygen atoms in total. The van der Waals surface area contributed by atoms with Gasteiger partial charge in [-0.25, -0.2) is 28.4 Å². The van der Waals surface area contributed by atoms with E-state index < -0.39 is 5.82 Å². The smallest absolute Gasteiger partial charge is 0.200 e. The molecule has 0 radical (unpaired) electrons. The van der Waals surface area contributed by atoms with Gasteiger partial charge in [0.25, 0.3) is 0 Å². The van der Waals surface area contributed by atoms with Crippen LogP contribution in [0, 0.1) is 11.6 Å². The molecule has 0 aliphatic heterocycles. The molecule has 3 heterocycles. The van der Waals surface area contributed by atoms with Crippen molar-refractivity contribution in [3.05, 3.63) is 71.4 Å². The van der Waals surface area contributed by atoms with Gasteiger partial charge in [-0.15, -0.1) is 16.4 Å². The molecule has 0 N–H and O–H groups in total. The Labute approximate surface area is 145 Å². The van der Waals surface area contributed by atoms with E-state index in [0.717, 1.165) is 6.20 Å². The van der Waals surface area contributed by atoms with E-state index >= 15 is 0 Å². The Hall–Kier alpha value is -3.00. The summed E-state index contributed by atoms with van der Waals surface area (Å²) in [6, 6.07) is 9.29. The number of thiazole rings is 1. The molecule has 0 fully saturated rings. The van der Waals surface area contributed by atoms with Crippen molar-refractivity contribution in [3.63, 3.8) is 0 Å². The largest absolute Gasteiger partial charge is 0.250 e. The highest BCUT2D eigenvalue weighted by Gasteiger charge is 2.17. The average molecular weight is 355 g/mol. The van der Waals surface area contributed by atoms with Crippen molar-refractivity contribution in [2.24, 2.45) is 0 Å². The van der Waals surface area contributed by atoms with Crippen molar-refractivity contribution in [1.29, 1.82) is 0 Å². The summed E-state index contributed by atoms with van der Waals surface area (Å²) in [7, 11) is 0. The SMILES string of the molecule is Fc1ccc(-c2nc(-c3nccs3)n(Cc3ccccc3F)n2)nc1. The van der Waals surface area contributed by atoms with Crippen molar-refractivity contribution >= 4 is 11.3 Å². The quantitative estimate of drug-likeness (QED) is 0.559. The van der Waals surface area contributed by atoms with Crippen molar-refractivity contribution < 1.29 is 8.78 Å². The molecule has 0 amide bonds. The van der Waals surface area contributed by atoms with E-state index in [9.17, 15) is 8.78 Å². The fourth-order valence-corrected chi connectivity index (χ4v) is 2.98. The number of hydrogen-bond donors (Lipinski definition) is 0. The maximum atomic E-state index is 14.0. The molecule has 0 aliphatic rings. The highest BCUT2D eigenvalue weighted by molar-refractivity contribution is 7.13. The van der Waals surface area contributed by atoms with Crippen LogP contribution in [0.4, 0.5) is 8.78 Å². The number of hydrogen-bond acceptors (Lipinski definition) is 5. The normalized spacial score (nSPS) is 11.0. The molecule has 0 bridgehead atoms. The predicted octanol–water partition coefficient (Wildman–Crippen LogP) is 3.79. The minimum absolute atomic E-state index is 0.204. The number of benzene rings is 1. The Kier molecular flexibility index (Phi) is 4.02. The third-order valence-corrected chi connectivity index (χ3v) is 4.30. The average Bonchev–Trinajstić information content (AvgIpc) is 3.27. The molecule has 25 heavy (non-hydrogen) atoms. The van der Waals surface area contributed by atoms with Crippen LogP contribution in [0.1, 0.15) is 5.56 Å². The fourth-order valence-electron chi connectivity index (χ4n) is 2.35. The molecular weight excluding hydrogens is 344 g/mol. The number of halogens is 2. The second kappa shape index (κ2) is 6.48. The molecule has 0 atom stereocenters. The molecule has 0 saturated carbocycles. The van der Waals surface area contributed by atoms with Crippen LogP contribution >= 0.6 is 11.3 Å². The van der Waals surface area contributed by atoms with Crippen molar-refractivity contribution in [3.8, 4) is 22.4 Å². The van der Waals surface area contributed by atoms with Crippen LogP contribution in [-0.2, 0) is 6.54 Å². The lowest BCUT2D eigenvalue weighted by Crippen LogP contribution is -2.06. The second-order valence-electron chi connectivity index (χ2n) is 5.21. The van der Waals surface area contributed by atoms with E-state index in [-0.39, 0.29) is 12.4 Å². The van der Waals surface area contributed by atoms with Gasteiger partial charge in [-0.3, -0.25) is 0 Å². The molecule has 0 aliphatic carbocycles. The molecule has 124 valence electrons. The zero-order valence-corrected chi connectivity index (χ0v) is 13.6. The van der Waals surface area contributed by atoms with Gasteiger partial charge in [-0.2, -0.15) is 0 Å². The Morgan fingerprint density at radius 1 is 1.04 bits per heavy atom. The van der Waals surface area contributed by atoms with Crippen LogP contribution in [-0.4, -0.2) is 24.7 Å². The van der Waals surface area contributed by atoms with Gasteiger partial charge < -0.3 is 0 Å². The van der Waals surface area contributed by atoms with Crippen LogP contribution in [0.15, 0.2) is 54.2 Å². The minimum Gasteiger partial charge on any atom is -0.250 e. The summed E-state index contributed by atoms with van der Waals surface area (Å²) in [5.74, 6) is 0.0974. The van der Waals surface area contributed by atoms with Gasteiger partial charge >= 0.3 is 0 Å². The predicted molar refractivity (Wildman–Crippen MR) is 89.8 cm³/mol. The minimum atomic E-state index is -0.435. The summed E-state index contributed by atoms with van der Waals surface area (Å²) in [6.45, 7) is 0.204. The standard InChI is InChI=1S/C17H11F2N5S/c18-12-5-6-14(21-9-12)15-22-16(17-20-7-8-25-17)24(23-15)10-11-3-1-2-4-13(11)19/h1-9H,10H2. The van der Waals surface area contributed by atoms with E-state index in [4.69, 9.17) is 0 Å². The molecule has 4 rings (SSSR count). The monoisotopic (exact) mass is 355 g/mol. The zero-order chi connectivity index (χ0) is 17.2. The molecule has 0 unspecified atom stereocenters. The highest BCUT2D eigenvalue weighted by Crippen LogP contribution is 2.24. The van der Waals surface area contributed by atoms with E-state index in [1.54, 1.807) is 29.1 Å². The summed E-state index contributed by atoms with van der Waals surface area (Å²) < 4.78 is 28.7. The lowest BCUT2D eigenvalue weighted by Gasteiger charge is -2.05. The maximum Gasteiger partial charge on any atom is 0.200 e. The molecule has 1 aromatic carbocycles. The number of nitrogens with zero attached hydrogens (tertiary/aromatic N) is 5. The van der Waals surface area contributed by atoms with Gasteiger partial charge in [0.1, 0.15) is 17.3 Å². The third-order valence-electron chi connectivity index (χ3n) is 3.53. The van der Waals surface area contributed by atoms with Gasteiger partial charge in [-0.1, -0.05) is 18.2 Å². The van der Waals surface area contributed by atoms with Crippen LogP contribution in [0.5, 0.6) is 0 Å². The maximum absolute atomic E-state index is 14.0. The summed E-state index contributed by atoms with van der Waals surface area (Å²) in [5, 5.41) is 6.91. The Morgan fingerprint density at radius 3 is 2.64 bits per heavy atom. The first-order valence-corrected chi connectivity index (χ1v) is 8.29. The first-order valence-electron chi connectivity index (χ1n) is 7.41. The second-order valence-corrected chi connectivity index (χ2v) is 6.10. The van der Waals surface area contributed by atoms with Crippen molar-refractivity contribution in [1.82, 2.24) is 24.7 Å². The van der Waals surface area contributed by atoms with Crippen molar-refractivity contribution in [2.45, 2.75) is 6.54 Å². The van der Waals surface area contributed by atoms with Crippen LogP contribution in [0.25, 0.3) is 22.4 Å². The number of rotatable bonds is 4. The van der Waals surface area contributed by atoms with Gasteiger partial charge in [0.2, 0.25) is 0 Å². The van der Waals surface area contributed by atoms with Crippen LogP contribution in [0.2, 0.25) is 0 Å². The molecule has 0 saturated heterocycles. The molecule has 4 aromatic rings. The first kappa shape index (κ1) is 15.5. The summed E-state index contributed by atoms with van der Waals surface area (Å²) in [5.41, 5.74) is 0.926. The Morgan fingerprint density at radius 2 is 1.92 bits per heavy atom. The topological polar surface area (TPSA) is 56.5 Å². The summed E-state index contributed by atoms with van der Waals surface area (Å²) >= 11 is 1.41. The van der Waals surface area contributed by atoms with E-state index in [1.807, 2.05) is 5.38 Å². The molecule has 0 spiro atoms. The fraction of sp³-hybridized carbons (Fsp3) is 0.0588. The van der Waals surface area contributed by atoms with Gasteiger partial charge in [0.15, 0.2) is 16.7 Å². The van der Waals surface area contributed by atoms with Crippen LogP contribution in [0.3, 0.4) is 0 Å². The Bertz CT molecular complexity index is 996. The van der Waals surface area contributed by atoms with Crippen LogP contribution < -0.4 is 0 Å². The first-order chi connectivity index (χ1) is 12.2. The van der Waals surface area contributed by atoms with Gasteiger partial charge in [0, 0.05) is 17.1 Å². The number of aromatic nitrogens is 5. The van der Waals surface area contributed by atoms with Gasteiger partial charge in [-0.05, 0) is 18.2 Å². The van der Waals surface area contributed by atoms with E-state index in [1.165, 1.54) is 29.5 Å². The lowest BCUT2D eigenvalue weighted by molar-refractivity contribution is 0.587. The lowest BCUT2D eigenvalue weighted by atomic mass is 10.2. The van der Waals surface area contributed by atoms with E-state index in [2.05, 4.69) is 20.1 Å².